The molecular weight excluding hydrogens is 217 g/mol. The predicted octanol–water partition coefficient (Wildman–Crippen LogP) is 3.00. The SMILES string of the molecule is CCC(C)C(N)C(=O)c1c(C)cc(C)cc1F. The molecule has 17 heavy (non-hydrogen) atoms. The van der Waals surface area contributed by atoms with Gasteiger partial charge in [-0.25, -0.2) is 4.39 Å². The van der Waals surface area contributed by atoms with Crippen LogP contribution in [0.1, 0.15) is 41.8 Å². The molecule has 2 unspecified atom stereocenters. The molecule has 0 saturated heterocycles. The second-order valence-electron chi connectivity index (χ2n) is 4.71. The van der Waals surface area contributed by atoms with Gasteiger partial charge in [0.2, 0.25) is 0 Å². The molecule has 0 bridgehead atoms. The number of benzene rings is 1. The summed E-state index contributed by atoms with van der Waals surface area (Å²) in [7, 11) is 0. The molecule has 2 N–H and O–H groups in total. The molecule has 0 aliphatic rings. The number of carbonyl (C=O) groups is 1. The molecule has 0 spiro atoms. The minimum absolute atomic E-state index is 0.0580. The second kappa shape index (κ2) is 5.41. The molecule has 0 saturated carbocycles. The van der Waals surface area contributed by atoms with Crippen LogP contribution in [0.3, 0.4) is 0 Å². The minimum Gasteiger partial charge on any atom is -0.321 e. The number of hydrogen-bond donors (Lipinski definition) is 1. The molecule has 0 fully saturated rings. The molecule has 1 aromatic carbocycles. The Morgan fingerprint density at radius 3 is 2.47 bits per heavy atom. The van der Waals surface area contributed by atoms with Crippen LogP contribution < -0.4 is 5.73 Å². The number of ketones is 1. The molecule has 0 radical (unpaired) electrons. The third-order valence-corrected chi connectivity index (χ3v) is 3.24. The van der Waals surface area contributed by atoms with Gasteiger partial charge in [-0.1, -0.05) is 26.3 Å². The highest BCUT2D eigenvalue weighted by Crippen LogP contribution is 2.20. The minimum atomic E-state index is -0.629. The van der Waals surface area contributed by atoms with Crippen LogP contribution in [0, 0.1) is 25.6 Å². The van der Waals surface area contributed by atoms with Gasteiger partial charge in [0.1, 0.15) is 5.82 Å². The van der Waals surface area contributed by atoms with E-state index >= 15 is 0 Å². The van der Waals surface area contributed by atoms with Crippen LogP contribution in [0.15, 0.2) is 12.1 Å². The van der Waals surface area contributed by atoms with Crippen molar-refractivity contribution < 1.29 is 9.18 Å². The first-order valence-corrected chi connectivity index (χ1v) is 5.95. The highest BCUT2D eigenvalue weighted by molar-refractivity contribution is 6.01. The van der Waals surface area contributed by atoms with E-state index in [9.17, 15) is 9.18 Å². The van der Waals surface area contributed by atoms with Crippen LogP contribution in [-0.2, 0) is 0 Å². The predicted molar refractivity (Wildman–Crippen MR) is 67.6 cm³/mol. The fourth-order valence-electron chi connectivity index (χ4n) is 1.91. The van der Waals surface area contributed by atoms with Gasteiger partial charge in [-0.05, 0) is 37.0 Å². The lowest BCUT2D eigenvalue weighted by molar-refractivity contribution is 0.0930. The number of hydrogen-bond acceptors (Lipinski definition) is 2. The third-order valence-electron chi connectivity index (χ3n) is 3.24. The van der Waals surface area contributed by atoms with Crippen LogP contribution in [-0.4, -0.2) is 11.8 Å². The van der Waals surface area contributed by atoms with Crippen molar-refractivity contribution in [2.45, 2.75) is 40.2 Å². The van der Waals surface area contributed by atoms with Crippen LogP contribution in [0.5, 0.6) is 0 Å². The van der Waals surface area contributed by atoms with E-state index in [0.717, 1.165) is 12.0 Å². The number of nitrogens with two attached hydrogens (primary N) is 1. The van der Waals surface area contributed by atoms with Gasteiger partial charge < -0.3 is 5.73 Å². The highest BCUT2D eigenvalue weighted by Gasteiger charge is 2.25. The summed E-state index contributed by atoms with van der Waals surface area (Å²) in [5.74, 6) is -0.705. The fraction of sp³-hybridized carbons (Fsp3) is 0.500. The zero-order valence-corrected chi connectivity index (χ0v) is 10.9. The first kappa shape index (κ1) is 13.8. The Labute approximate surface area is 102 Å². The van der Waals surface area contributed by atoms with Gasteiger partial charge in [0.15, 0.2) is 5.78 Å². The molecule has 94 valence electrons. The van der Waals surface area contributed by atoms with Crippen molar-refractivity contribution in [3.63, 3.8) is 0 Å². The number of Topliss-reactive ketones (excluding diaryl/α,β-unsaturated/α-hetero) is 1. The zero-order valence-electron chi connectivity index (χ0n) is 10.9. The molecule has 0 aromatic heterocycles. The molecule has 2 nitrogen and oxygen atoms in total. The quantitative estimate of drug-likeness (QED) is 0.818. The number of rotatable bonds is 4. The Balaban J connectivity index is 3.13. The first-order valence-electron chi connectivity index (χ1n) is 5.95. The number of carbonyl (C=O) groups excluding carboxylic acids is 1. The lowest BCUT2D eigenvalue weighted by atomic mass is 9.90. The molecule has 0 amide bonds. The third kappa shape index (κ3) is 2.91. The number of halogens is 1. The summed E-state index contributed by atoms with van der Waals surface area (Å²) >= 11 is 0. The molecule has 0 aliphatic heterocycles. The van der Waals surface area contributed by atoms with E-state index < -0.39 is 11.9 Å². The molecule has 2 atom stereocenters. The normalized spacial score (nSPS) is 14.5. The summed E-state index contributed by atoms with van der Waals surface area (Å²) in [4.78, 5) is 12.1. The van der Waals surface area contributed by atoms with E-state index in [0.29, 0.717) is 5.56 Å². The lowest BCUT2D eigenvalue weighted by Crippen LogP contribution is -2.37. The summed E-state index contributed by atoms with van der Waals surface area (Å²) in [5, 5.41) is 0. The van der Waals surface area contributed by atoms with Crippen molar-refractivity contribution in [2.75, 3.05) is 0 Å². The maximum atomic E-state index is 13.8. The Morgan fingerprint density at radius 1 is 1.41 bits per heavy atom. The molecular formula is C14H20FNO. The van der Waals surface area contributed by atoms with Crippen LogP contribution in [0.2, 0.25) is 0 Å². The van der Waals surface area contributed by atoms with Gasteiger partial charge in [-0.2, -0.15) is 0 Å². The fourth-order valence-corrected chi connectivity index (χ4v) is 1.91. The maximum absolute atomic E-state index is 13.8. The van der Waals surface area contributed by atoms with Gasteiger partial charge in [0.25, 0.3) is 0 Å². The molecule has 0 aliphatic carbocycles. The van der Waals surface area contributed by atoms with Gasteiger partial charge >= 0.3 is 0 Å². The summed E-state index contributed by atoms with van der Waals surface area (Å²) in [6.45, 7) is 7.42. The zero-order chi connectivity index (χ0) is 13.2. The Morgan fingerprint density at radius 2 is 2.00 bits per heavy atom. The van der Waals surface area contributed by atoms with Crippen LogP contribution in [0.25, 0.3) is 0 Å². The average Bonchev–Trinajstić information content (AvgIpc) is 2.25. The smallest absolute Gasteiger partial charge is 0.182 e. The van der Waals surface area contributed by atoms with E-state index in [-0.39, 0.29) is 17.3 Å². The largest absolute Gasteiger partial charge is 0.321 e. The Kier molecular flexibility index (Phi) is 4.40. The van der Waals surface area contributed by atoms with Crippen molar-refractivity contribution in [3.8, 4) is 0 Å². The summed E-state index contributed by atoms with van der Waals surface area (Å²) in [6, 6.07) is 2.55. The van der Waals surface area contributed by atoms with Gasteiger partial charge in [0.05, 0.1) is 11.6 Å². The first-order chi connectivity index (χ1) is 7.88. The molecule has 3 heteroatoms. The van der Waals surface area contributed by atoms with E-state index in [1.165, 1.54) is 6.07 Å². The van der Waals surface area contributed by atoms with Crippen molar-refractivity contribution in [3.05, 3.63) is 34.6 Å². The molecule has 1 aromatic rings. The maximum Gasteiger partial charge on any atom is 0.182 e. The van der Waals surface area contributed by atoms with Gasteiger partial charge in [-0.3, -0.25) is 4.79 Å². The lowest BCUT2D eigenvalue weighted by Gasteiger charge is -2.18. The Bertz CT molecular complexity index is 405. The topological polar surface area (TPSA) is 43.1 Å². The second-order valence-corrected chi connectivity index (χ2v) is 4.71. The summed E-state index contributed by atoms with van der Waals surface area (Å²) in [5.41, 5.74) is 7.48. The van der Waals surface area contributed by atoms with Crippen LogP contribution in [0.4, 0.5) is 4.39 Å². The summed E-state index contributed by atoms with van der Waals surface area (Å²) in [6.07, 6.45) is 0.805. The van der Waals surface area contributed by atoms with E-state index in [2.05, 4.69) is 0 Å². The van der Waals surface area contributed by atoms with E-state index in [4.69, 9.17) is 5.73 Å². The molecule has 1 rings (SSSR count). The van der Waals surface area contributed by atoms with Crippen molar-refractivity contribution in [1.82, 2.24) is 0 Å². The standard InChI is InChI=1S/C14H20FNO/c1-5-9(3)13(16)14(17)12-10(4)6-8(2)7-11(12)15/h6-7,9,13H,5,16H2,1-4H3. The van der Waals surface area contributed by atoms with Crippen molar-refractivity contribution in [1.29, 1.82) is 0 Å². The van der Waals surface area contributed by atoms with Crippen LogP contribution >= 0.6 is 0 Å². The summed E-state index contributed by atoms with van der Waals surface area (Å²) < 4.78 is 13.8. The van der Waals surface area contributed by atoms with Crippen molar-refractivity contribution in [2.24, 2.45) is 11.7 Å². The van der Waals surface area contributed by atoms with E-state index in [1.54, 1.807) is 19.9 Å². The van der Waals surface area contributed by atoms with Gasteiger partial charge in [0, 0.05) is 0 Å². The van der Waals surface area contributed by atoms with Crippen molar-refractivity contribution >= 4 is 5.78 Å². The monoisotopic (exact) mass is 237 g/mol. The number of aryl methyl sites for hydroxylation is 2. The Hall–Kier alpha value is -1.22. The molecule has 0 heterocycles. The average molecular weight is 237 g/mol. The highest BCUT2D eigenvalue weighted by atomic mass is 19.1. The van der Waals surface area contributed by atoms with E-state index in [1.807, 2.05) is 13.8 Å². The van der Waals surface area contributed by atoms with Gasteiger partial charge in [-0.15, -0.1) is 0 Å².